The molecular formula is C37H39BrF3N5O4. The number of ether oxygens (including phenoxy) is 2. The van der Waals surface area contributed by atoms with Crippen molar-refractivity contribution in [2.75, 3.05) is 42.6 Å². The lowest BCUT2D eigenvalue weighted by atomic mass is 9.97. The number of nitrogens with zero attached hydrogens (tertiary/aromatic N) is 4. The van der Waals surface area contributed by atoms with Gasteiger partial charge >= 0.3 is 6.18 Å². The predicted molar refractivity (Wildman–Crippen MR) is 190 cm³/mol. The number of hydrogen-bond donors (Lipinski definition) is 1. The molecule has 0 bridgehead atoms. The van der Waals surface area contributed by atoms with E-state index in [9.17, 15) is 22.8 Å². The molecule has 0 aliphatic carbocycles. The zero-order valence-electron chi connectivity index (χ0n) is 28.1. The third-order valence-electron chi connectivity index (χ3n) is 8.34. The molecule has 50 heavy (non-hydrogen) atoms. The molecule has 1 N–H and O–H groups in total. The first-order valence-electron chi connectivity index (χ1n) is 16.6. The van der Waals surface area contributed by atoms with Crippen molar-refractivity contribution in [1.82, 2.24) is 15.3 Å². The summed E-state index contributed by atoms with van der Waals surface area (Å²) in [5, 5.41) is 3.12. The van der Waals surface area contributed by atoms with Gasteiger partial charge in [0, 0.05) is 41.3 Å². The number of rotatable bonds is 12. The fourth-order valence-electron chi connectivity index (χ4n) is 5.95. The number of halogens is 4. The first-order valence-corrected chi connectivity index (χ1v) is 17.4. The lowest BCUT2D eigenvalue weighted by Gasteiger charge is -2.34. The normalized spacial score (nSPS) is 13.5. The number of hydrogen-bond acceptors (Lipinski definition) is 7. The van der Waals surface area contributed by atoms with E-state index >= 15 is 0 Å². The van der Waals surface area contributed by atoms with Crippen molar-refractivity contribution in [3.63, 3.8) is 0 Å². The lowest BCUT2D eigenvalue weighted by Crippen LogP contribution is -2.45. The topological polar surface area (TPSA) is 96.9 Å². The quantitative estimate of drug-likeness (QED) is 0.156. The van der Waals surface area contributed by atoms with E-state index in [2.05, 4.69) is 36.1 Å². The minimum Gasteiger partial charge on any atom is -0.476 e. The molecule has 0 radical (unpaired) electrons. The van der Waals surface area contributed by atoms with Gasteiger partial charge in [-0.15, -0.1) is 0 Å². The molecule has 4 aromatic rings. The Morgan fingerprint density at radius 3 is 2.16 bits per heavy atom. The highest BCUT2D eigenvalue weighted by Crippen LogP contribution is 2.37. The molecule has 0 saturated carbocycles. The highest BCUT2D eigenvalue weighted by atomic mass is 79.9. The average Bonchev–Trinajstić information content (AvgIpc) is 3.11. The molecule has 1 fully saturated rings. The van der Waals surface area contributed by atoms with Crippen LogP contribution in [-0.4, -0.2) is 60.7 Å². The Kier molecular flexibility index (Phi) is 12.0. The molecule has 1 aliphatic heterocycles. The van der Waals surface area contributed by atoms with Crippen LogP contribution in [0, 0.1) is 0 Å². The largest absolute Gasteiger partial charge is 0.476 e. The second kappa shape index (κ2) is 16.4. The first-order chi connectivity index (χ1) is 24.0. The third-order valence-corrected chi connectivity index (χ3v) is 8.98. The maximum atomic E-state index is 14.0. The Morgan fingerprint density at radius 2 is 1.58 bits per heavy atom. The van der Waals surface area contributed by atoms with Crippen LogP contribution in [0.15, 0.2) is 77.5 Å². The monoisotopic (exact) mass is 753 g/mol. The minimum atomic E-state index is -4.43. The van der Waals surface area contributed by atoms with Gasteiger partial charge in [0.1, 0.15) is 6.33 Å². The van der Waals surface area contributed by atoms with Gasteiger partial charge in [-0.2, -0.15) is 23.1 Å². The van der Waals surface area contributed by atoms with Crippen LogP contribution < -0.4 is 24.6 Å². The highest BCUT2D eigenvalue weighted by molar-refractivity contribution is 9.10. The van der Waals surface area contributed by atoms with E-state index < -0.39 is 11.7 Å². The lowest BCUT2D eigenvalue weighted by molar-refractivity contribution is -0.137. The number of carbonyl (C=O) groups is 2. The van der Waals surface area contributed by atoms with Gasteiger partial charge in [-0.05, 0) is 96.6 Å². The van der Waals surface area contributed by atoms with Gasteiger partial charge in [0.05, 0.1) is 24.5 Å². The minimum absolute atomic E-state index is 0.0891. The molecule has 9 nitrogen and oxygen atoms in total. The molecule has 2 heterocycles. The summed E-state index contributed by atoms with van der Waals surface area (Å²) in [6.07, 6.45) is -1.03. The molecule has 0 unspecified atom stereocenters. The van der Waals surface area contributed by atoms with E-state index in [1.165, 1.54) is 18.5 Å². The molecule has 0 atom stereocenters. The summed E-state index contributed by atoms with van der Waals surface area (Å²) in [6, 6.07) is 17.1. The number of piperidine rings is 1. The molecule has 1 saturated heterocycles. The van der Waals surface area contributed by atoms with Crippen LogP contribution in [0.2, 0.25) is 0 Å². The van der Waals surface area contributed by atoms with Crippen LogP contribution in [0.5, 0.6) is 11.8 Å². The zero-order chi connectivity index (χ0) is 35.8. The molecule has 1 aromatic heterocycles. The zero-order valence-corrected chi connectivity index (χ0v) is 29.7. The fourth-order valence-corrected chi connectivity index (χ4v) is 6.58. The van der Waals surface area contributed by atoms with Gasteiger partial charge in [0.2, 0.25) is 11.8 Å². The molecule has 2 amide bonds. The Labute approximate surface area is 297 Å². The third kappa shape index (κ3) is 8.38. The summed E-state index contributed by atoms with van der Waals surface area (Å²) in [4.78, 5) is 39.7. The standard InChI is InChI=1S/C37H39BrF3N5O4/c1-4-19-46(32-34(49-5-2)42-23-43-35(32)50-6-3)36(48)25-13-16-31(30(38)22-25)45-20-17-27(18-21-45)44-33(47)29-10-8-7-9-28(29)24-11-14-26(15-12-24)37(39,40)41/h7-16,22-23,27H,4-6,17-21H2,1-3H3,(H,44,47). The number of benzene rings is 3. The molecule has 0 spiro atoms. The van der Waals surface area contributed by atoms with Crippen molar-refractivity contribution in [3.05, 3.63) is 94.2 Å². The van der Waals surface area contributed by atoms with Gasteiger partial charge in [-0.25, -0.2) is 0 Å². The van der Waals surface area contributed by atoms with Crippen LogP contribution in [0.4, 0.5) is 24.5 Å². The molecule has 5 rings (SSSR count). The second-order valence-electron chi connectivity index (χ2n) is 11.7. The number of carbonyl (C=O) groups excluding carboxylic acids is 2. The molecule has 13 heteroatoms. The van der Waals surface area contributed by atoms with Gasteiger partial charge in [-0.1, -0.05) is 37.3 Å². The molecule has 264 valence electrons. The Balaban J connectivity index is 1.26. The maximum absolute atomic E-state index is 14.0. The summed E-state index contributed by atoms with van der Waals surface area (Å²) >= 11 is 3.69. The Hall–Kier alpha value is -4.65. The summed E-state index contributed by atoms with van der Waals surface area (Å²) in [5.41, 5.74) is 2.55. The van der Waals surface area contributed by atoms with E-state index in [0.29, 0.717) is 80.1 Å². The van der Waals surface area contributed by atoms with Crippen molar-refractivity contribution in [2.45, 2.75) is 52.3 Å². The summed E-state index contributed by atoms with van der Waals surface area (Å²) in [6.45, 7) is 8.12. The molecular weight excluding hydrogens is 715 g/mol. The van der Waals surface area contributed by atoms with E-state index in [4.69, 9.17) is 9.47 Å². The van der Waals surface area contributed by atoms with E-state index in [1.807, 2.05) is 26.8 Å². The van der Waals surface area contributed by atoms with Crippen LogP contribution in [0.3, 0.4) is 0 Å². The highest BCUT2D eigenvalue weighted by Gasteiger charge is 2.31. The number of amides is 2. The molecule has 3 aromatic carbocycles. The van der Waals surface area contributed by atoms with Gasteiger partial charge in [-0.3, -0.25) is 14.5 Å². The predicted octanol–water partition coefficient (Wildman–Crippen LogP) is 8.18. The van der Waals surface area contributed by atoms with Crippen molar-refractivity contribution in [3.8, 4) is 22.9 Å². The van der Waals surface area contributed by atoms with Crippen LogP contribution in [-0.2, 0) is 6.18 Å². The fraction of sp³-hybridized carbons (Fsp3) is 0.351. The van der Waals surface area contributed by atoms with Crippen molar-refractivity contribution in [1.29, 1.82) is 0 Å². The smallest absolute Gasteiger partial charge is 0.416 e. The number of anilines is 2. The SMILES string of the molecule is CCCN(C(=O)c1ccc(N2CCC(NC(=O)c3ccccc3-c3ccc(C(F)(F)F)cc3)CC2)c(Br)c1)c1c(OCC)ncnc1OCC. The van der Waals surface area contributed by atoms with E-state index in [-0.39, 0.29) is 29.6 Å². The maximum Gasteiger partial charge on any atom is 0.416 e. The van der Waals surface area contributed by atoms with Crippen LogP contribution in [0.1, 0.15) is 66.3 Å². The van der Waals surface area contributed by atoms with Crippen LogP contribution in [0.25, 0.3) is 11.1 Å². The molecule has 1 aliphatic rings. The summed E-state index contributed by atoms with van der Waals surface area (Å²) in [5.74, 6) is 0.0418. The van der Waals surface area contributed by atoms with Crippen LogP contribution >= 0.6 is 15.9 Å². The van der Waals surface area contributed by atoms with Gasteiger partial charge in [0.15, 0.2) is 5.69 Å². The average molecular weight is 755 g/mol. The van der Waals surface area contributed by atoms with Gasteiger partial charge in [0.25, 0.3) is 11.8 Å². The van der Waals surface area contributed by atoms with Crippen molar-refractivity contribution < 1.29 is 32.2 Å². The second-order valence-corrected chi connectivity index (χ2v) is 12.5. The van der Waals surface area contributed by atoms with E-state index in [1.54, 1.807) is 41.3 Å². The van der Waals surface area contributed by atoms with E-state index in [0.717, 1.165) is 22.3 Å². The van der Waals surface area contributed by atoms with Crippen molar-refractivity contribution >= 4 is 39.1 Å². The number of alkyl halides is 3. The summed E-state index contributed by atoms with van der Waals surface area (Å²) < 4.78 is 51.5. The van der Waals surface area contributed by atoms with Gasteiger partial charge < -0.3 is 19.7 Å². The Morgan fingerprint density at radius 1 is 0.940 bits per heavy atom. The number of nitrogens with one attached hydrogen (secondary N) is 1. The van der Waals surface area contributed by atoms with Crippen molar-refractivity contribution in [2.24, 2.45) is 0 Å². The Bertz CT molecular complexity index is 1770. The summed E-state index contributed by atoms with van der Waals surface area (Å²) in [7, 11) is 0. The first kappa shape index (κ1) is 36.6. The number of aromatic nitrogens is 2.